The third-order valence-corrected chi connectivity index (χ3v) is 5.11. The van der Waals surface area contributed by atoms with Crippen molar-refractivity contribution in [3.8, 4) is 0 Å². The molecule has 0 aromatic heterocycles. The molecule has 7 heteroatoms. The lowest BCUT2D eigenvalue weighted by Crippen LogP contribution is -2.34. The molecule has 0 saturated heterocycles. The lowest BCUT2D eigenvalue weighted by molar-refractivity contribution is -0.137. The fourth-order valence-corrected chi connectivity index (χ4v) is 3.50. The Bertz CT molecular complexity index is 955. The van der Waals surface area contributed by atoms with Crippen molar-refractivity contribution >= 4 is 46.3 Å². The van der Waals surface area contributed by atoms with Crippen LogP contribution in [0.3, 0.4) is 0 Å². The van der Waals surface area contributed by atoms with Crippen LogP contribution in [0.25, 0.3) is 5.57 Å². The third-order valence-electron chi connectivity index (χ3n) is 4.62. The van der Waals surface area contributed by atoms with E-state index in [9.17, 15) is 9.59 Å². The molecule has 3 rings (SSSR count). The van der Waals surface area contributed by atoms with E-state index in [1.807, 2.05) is 13.8 Å². The van der Waals surface area contributed by atoms with E-state index >= 15 is 0 Å². The van der Waals surface area contributed by atoms with Gasteiger partial charge in [0.05, 0.1) is 5.57 Å². The predicted octanol–water partition coefficient (Wildman–Crippen LogP) is 4.92. The van der Waals surface area contributed by atoms with Gasteiger partial charge in [-0.1, -0.05) is 35.3 Å². The van der Waals surface area contributed by atoms with E-state index in [-0.39, 0.29) is 17.5 Å². The first kappa shape index (κ1) is 21.4. The molecular formula is C22H22Cl2N2O3. The second-order valence-corrected chi connectivity index (χ2v) is 7.53. The zero-order chi connectivity index (χ0) is 21.0. The number of ether oxygens (including phenoxy) is 1. The molecule has 1 aliphatic heterocycles. The molecule has 0 saturated carbocycles. The maximum atomic E-state index is 13.1. The molecule has 152 valence electrons. The van der Waals surface area contributed by atoms with Crippen LogP contribution in [0.1, 0.15) is 24.5 Å². The summed E-state index contributed by atoms with van der Waals surface area (Å²) in [5.74, 6) is -0.686. The van der Waals surface area contributed by atoms with Crippen LogP contribution in [0.5, 0.6) is 0 Å². The summed E-state index contributed by atoms with van der Waals surface area (Å²) in [7, 11) is 0. The highest BCUT2D eigenvalue weighted by Gasteiger charge is 2.39. The van der Waals surface area contributed by atoms with Gasteiger partial charge in [-0.3, -0.25) is 14.5 Å². The molecule has 2 aromatic carbocycles. The van der Waals surface area contributed by atoms with Crippen LogP contribution in [-0.4, -0.2) is 36.5 Å². The standard InChI is InChI=1S/C22H22Cl2N2O3/c1-3-29-12-4-11-26-21(27)19(15-5-7-16(23)8-6-15)20(22(26)28)25-18-10-9-17(24)13-14(18)2/h5-10,13,25H,3-4,11-12H2,1-2H3. The Hall–Kier alpha value is -2.34. The minimum atomic E-state index is -0.356. The van der Waals surface area contributed by atoms with Gasteiger partial charge in [0, 0.05) is 35.5 Å². The number of imide groups is 1. The molecular weight excluding hydrogens is 411 g/mol. The molecule has 1 heterocycles. The zero-order valence-electron chi connectivity index (χ0n) is 16.3. The number of hydrogen-bond acceptors (Lipinski definition) is 4. The SMILES string of the molecule is CCOCCCN1C(=O)C(Nc2ccc(Cl)cc2C)=C(c2ccc(Cl)cc2)C1=O. The molecule has 0 fully saturated rings. The molecule has 5 nitrogen and oxygen atoms in total. The van der Waals surface area contributed by atoms with Crippen molar-refractivity contribution < 1.29 is 14.3 Å². The summed E-state index contributed by atoms with van der Waals surface area (Å²) in [6.07, 6.45) is 0.576. The summed E-state index contributed by atoms with van der Waals surface area (Å²) in [5, 5.41) is 4.32. The topological polar surface area (TPSA) is 58.6 Å². The molecule has 1 N–H and O–H groups in total. The molecule has 0 bridgehead atoms. The van der Waals surface area contributed by atoms with Crippen molar-refractivity contribution in [3.63, 3.8) is 0 Å². The Balaban J connectivity index is 1.96. The smallest absolute Gasteiger partial charge is 0.278 e. The quantitative estimate of drug-likeness (QED) is 0.474. The molecule has 2 amide bonds. The van der Waals surface area contributed by atoms with Gasteiger partial charge in [0.2, 0.25) is 0 Å². The first-order chi connectivity index (χ1) is 13.9. The number of nitrogens with zero attached hydrogens (tertiary/aromatic N) is 1. The summed E-state index contributed by atoms with van der Waals surface area (Å²) in [6, 6.07) is 12.2. The summed E-state index contributed by atoms with van der Waals surface area (Å²) in [5.41, 5.74) is 2.80. The Kier molecular flexibility index (Phi) is 6.96. The van der Waals surface area contributed by atoms with E-state index in [4.69, 9.17) is 27.9 Å². The Morgan fingerprint density at radius 2 is 1.69 bits per heavy atom. The molecule has 0 atom stereocenters. The minimum Gasteiger partial charge on any atom is -0.382 e. The molecule has 0 spiro atoms. The molecule has 29 heavy (non-hydrogen) atoms. The maximum Gasteiger partial charge on any atom is 0.278 e. The number of carbonyl (C=O) groups is 2. The molecule has 2 aromatic rings. The molecule has 0 aliphatic carbocycles. The number of hydrogen-bond donors (Lipinski definition) is 1. The van der Waals surface area contributed by atoms with Crippen LogP contribution in [0, 0.1) is 6.92 Å². The van der Waals surface area contributed by atoms with Gasteiger partial charge in [-0.25, -0.2) is 0 Å². The zero-order valence-corrected chi connectivity index (χ0v) is 17.8. The average molecular weight is 433 g/mol. The van der Waals surface area contributed by atoms with Gasteiger partial charge in [-0.15, -0.1) is 0 Å². The van der Waals surface area contributed by atoms with E-state index in [0.29, 0.717) is 53.0 Å². The van der Waals surface area contributed by atoms with Crippen molar-refractivity contribution in [1.82, 2.24) is 4.90 Å². The summed E-state index contributed by atoms with van der Waals surface area (Å²) >= 11 is 12.0. The van der Waals surface area contributed by atoms with Gasteiger partial charge in [-0.2, -0.15) is 0 Å². The van der Waals surface area contributed by atoms with Crippen LogP contribution < -0.4 is 5.32 Å². The minimum absolute atomic E-state index is 0.249. The van der Waals surface area contributed by atoms with Crippen LogP contribution in [0.2, 0.25) is 10.0 Å². The number of nitrogens with one attached hydrogen (secondary N) is 1. The largest absolute Gasteiger partial charge is 0.382 e. The highest BCUT2D eigenvalue weighted by molar-refractivity contribution is 6.37. The third kappa shape index (κ3) is 4.81. The van der Waals surface area contributed by atoms with Crippen molar-refractivity contribution in [1.29, 1.82) is 0 Å². The number of benzene rings is 2. The van der Waals surface area contributed by atoms with E-state index in [1.165, 1.54) is 4.90 Å². The number of carbonyl (C=O) groups excluding carboxylic acids is 2. The highest BCUT2D eigenvalue weighted by atomic mass is 35.5. The number of halogens is 2. The van der Waals surface area contributed by atoms with E-state index < -0.39 is 0 Å². The summed E-state index contributed by atoms with van der Waals surface area (Å²) in [6.45, 7) is 5.17. The molecule has 0 unspecified atom stereocenters. The van der Waals surface area contributed by atoms with Gasteiger partial charge in [-0.05, 0) is 61.7 Å². The second kappa shape index (κ2) is 9.44. The van der Waals surface area contributed by atoms with Crippen molar-refractivity contribution in [2.24, 2.45) is 0 Å². The summed E-state index contributed by atoms with van der Waals surface area (Å²) < 4.78 is 5.33. The second-order valence-electron chi connectivity index (χ2n) is 6.65. The Morgan fingerprint density at radius 1 is 1.00 bits per heavy atom. The van der Waals surface area contributed by atoms with Crippen LogP contribution in [0.4, 0.5) is 5.69 Å². The maximum absolute atomic E-state index is 13.1. The van der Waals surface area contributed by atoms with Gasteiger partial charge in [0.1, 0.15) is 5.70 Å². The Morgan fingerprint density at radius 3 is 2.34 bits per heavy atom. The van der Waals surface area contributed by atoms with E-state index in [2.05, 4.69) is 5.32 Å². The molecule has 1 aliphatic rings. The Labute approximate surface area is 180 Å². The molecule has 0 radical (unpaired) electrons. The first-order valence-corrected chi connectivity index (χ1v) is 10.1. The van der Waals surface area contributed by atoms with Crippen LogP contribution in [-0.2, 0) is 14.3 Å². The van der Waals surface area contributed by atoms with E-state index in [0.717, 1.165) is 5.56 Å². The number of anilines is 1. The van der Waals surface area contributed by atoms with Gasteiger partial charge >= 0.3 is 0 Å². The van der Waals surface area contributed by atoms with Gasteiger partial charge < -0.3 is 10.1 Å². The normalized spacial score (nSPS) is 14.1. The fourth-order valence-electron chi connectivity index (χ4n) is 3.15. The highest BCUT2D eigenvalue weighted by Crippen LogP contribution is 2.32. The monoisotopic (exact) mass is 432 g/mol. The number of rotatable bonds is 8. The van der Waals surface area contributed by atoms with Crippen molar-refractivity contribution in [3.05, 3.63) is 69.3 Å². The van der Waals surface area contributed by atoms with Gasteiger partial charge in [0.15, 0.2) is 0 Å². The first-order valence-electron chi connectivity index (χ1n) is 9.39. The van der Waals surface area contributed by atoms with Gasteiger partial charge in [0.25, 0.3) is 11.8 Å². The number of aryl methyl sites for hydroxylation is 1. The van der Waals surface area contributed by atoms with E-state index in [1.54, 1.807) is 42.5 Å². The predicted molar refractivity (Wildman–Crippen MR) is 116 cm³/mol. The average Bonchev–Trinajstić information content (AvgIpc) is 2.92. The lowest BCUT2D eigenvalue weighted by Gasteiger charge is -2.15. The number of amides is 2. The van der Waals surface area contributed by atoms with Crippen molar-refractivity contribution in [2.45, 2.75) is 20.3 Å². The van der Waals surface area contributed by atoms with Crippen molar-refractivity contribution in [2.75, 3.05) is 25.1 Å². The van der Waals surface area contributed by atoms with Crippen LogP contribution in [0.15, 0.2) is 48.2 Å². The lowest BCUT2D eigenvalue weighted by atomic mass is 10.0. The fraction of sp³-hybridized carbons (Fsp3) is 0.273. The summed E-state index contributed by atoms with van der Waals surface area (Å²) in [4.78, 5) is 27.5. The van der Waals surface area contributed by atoms with Crippen LogP contribution >= 0.6 is 23.2 Å².